The van der Waals surface area contributed by atoms with E-state index in [9.17, 15) is 4.79 Å². The second kappa shape index (κ2) is 4.80. The molecule has 3 rings (SSSR count). The predicted molar refractivity (Wildman–Crippen MR) is 70.5 cm³/mol. The fourth-order valence-corrected chi connectivity index (χ4v) is 2.72. The van der Waals surface area contributed by atoms with E-state index in [0.717, 1.165) is 17.3 Å². The number of hydrogen-bond acceptors (Lipinski definition) is 4. The zero-order chi connectivity index (χ0) is 13.4. The summed E-state index contributed by atoms with van der Waals surface area (Å²) < 4.78 is 5.86. The van der Waals surface area contributed by atoms with Crippen LogP contribution in [0.2, 0.25) is 0 Å². The van der Waals surface area contributed by atoms with Gasteiger partial charge in [0.1, 0.15) is 5.69 Å². The molecule has 0 aromatic carbocycles. The molecule has 1 saturated heterocycles. The monoisotopic (exact) mass is 324 g/mol. The number of aromatic amines is 1. The van der Waals surface area contributed by atoms with Gasteiger partial charge in [0.15, 0.2) is 5.82 Å². The van der Waals surface area contributed by atoms with Crippen molar-refractivity contribution in [2.24, 2.45) is 0 Å². The van der Waals surface area contributed by atoms with E-state index >= 15 is 0 Å². The maximum Gasteiger partial charge on any atom is 0.270 e. The summed E-state index contributed by atoms with van der Waals surface area (Å²) in [6.07, 6.45) is 3.56. The van der Waals surface area contributed by atoms with E-state index in [4.69, 9.17) is 4.52 Å². The number of carbonyl (C=O) groups is 1. The normalized spacial score (nSPS) is 19.1. The van der Waals surface area contributed by atoms with Gasteiger partial charge in [0.2, 0.25) is 5.89 Å². The number of H-pyrrole nitrogens is 1. The lowest BCUT2D eigenvalue weighted by atomic mass is 10.2. The first-order valence-corrected chi connectivity index (χ1v) is 6.89. The molecule has 0 aliphatic carbocycles. The highest BCUT2D eigenvalue weighted by Crippen LogP contribution is 2.31. The number of amides is 1. The predicted octanol–water partition coefficient (Wildman–Crippen LogP) is 2.45. The average molecular weight is 325 g/mol. The lowest BCUT2D eigenvalue weighted by Crippen LogP contribution is -2.31. The van der Waals surface area contributed by atoms with Crippen molar-refractivity contribution in [1.82, 2.24) is 20.0 Å². The molecule has 19 heavy (non-hydrogen) atoms. The summed E-state index contributed by atoms with van der Waals surface area (Å²) in [5.74, 6) is 1.08. The summed E-state index contributed by atoms with van der Waals surface area (Å²) in [5, 5.41) is 3.93. The first-order chi connectivity index (χ1) is 9.15. The Morgan fingerprint density at radius 1 is 1.63 bits per heavy atom. The second-order valence-electron chi connectivity index (χ2n) is 4.56. The summed E-state index contributed by atoms with van der Waals surface area (Å²) in [5.41, 5.74) is 0.569. The number of likely N-dealkylation sites (tertiary alicyclic amines) is 1. The van der Waals surface area contributed by atoms with Crippen LogP contribution in [0.4, 0.5) is 0 Å². The Bertz CT molecular complexity index is 606. The molecule has 0 spiro atoms. The van der Waals surface area contributed by atoms with Crippen LogP contribution in [0.3, 0.4) is 0 Å². The van der Waals surface area contributed by atoms with Crippen molar-refractivity contribution in [1.29, 1.82) is 0 Å². The van der Waals surface area contributed by atoms with Crippen molar-refractivity contribution in [2.45, 2.75) is 25.8 Å². The Labute approximate surface area is 118 Å². The third-order valence-electron chi connectivity index (χ3n) is 3.23. The van der Waals surface area contributed by atoms with Crippen molar-refractivity contribution >= 4 is 21.8 Å². The lowest BCUT2D eigenvalue weighted by Gasteiger charge is -2.21. The molecule has 0 unspecified atom stereocenters. The van der Waals surface area contributed by atoms with E-state index in [-0.39, 0.29) is 11.9 Å². The van der Waals surface area contributed by atoms with E-state index in [2.05, 4.69) is 31.1 Å². The summed E-state index contributed by atoms with van der Waals surface area (Å²) in [6, 6.07) is 1.69. The minimum absolute atomic E-state index is 0.0318. The standard InChI is InChI=1S/C12H13BrN4O2/c1-7-15-11(16-19-7)10-3-2-4-17(10)12(18)9-5-8(13)6-14-9/h5-6,10,14H,2-4H2,1H3/t10-/m0/s1. The number of aryl methyl sites for hydroxylation is 1. The van der Waals surface area contributed by atoms with Gasteiger partial charge >= 0.3 is 0 Å². The van der Waals surface area contributed by atoms with Crippen molar-refractivity contribution in [2.75, 3.05) is 6.54 Å². The highest BCUT2D eigenvalue weighted by molar-refractivity contribution is 9.10. The van der Waals surface area contributed by atoms with Crippen LogP contribution < -0.4 is 0 Å². The zero-order valence-electron chi connectivity index (χ0n) is 10.4. The summed E-state index contributed by atoms with van der Waals surface area (Å²) in [4.78, 5) is 21.4. The Morgan fingerprint density at radius 3 is 3.11 bits per heavy atom. The fourth-order valence-electron chi connectivity index (χ4n) is 2.37. The van der Waals surface area contributed by atoms with E-state index < -0.39 is 0 Å². The van der Waals surface area contributed by atoms with E-state index in [1.54, 1.807) is 24.1 Å². The van der Waals surface area contributed by atoms with Crippen LogP contribution in [0.25, 0.3) is 0 Å². The van der Waals surface area contributed by atoms with Gasteiger partial charge in [-0.25, -0.2) is 0 Å². The van der Waals surface area contributed by atoms with E-state index in [1.165, 1.54) is 0 Å². The van der Waals surface area contributed by atoms with Gasteiger partial charge in [-0.2, -0.15) is 4.98 Å². The van der Waals surface area contributed by atoms with Crippen LogP contribution in [0.1, 0.15) is 41.1 Å². The number of aromatic nitrogens is 3. The molecule has 0 bridgehead atoms. The Hall–Kier alpha value is -1.63. The fraction of sp³-hybridized carbons (Fsp3) is 0.417. The molecule has 0 radical (unpaired) electrons. The topological polar surface area (TPSA) is 75.0 Å². The maximum atomic E-state index is 12.4. The van der Waals surface area contributed by atoms with Crippen molar-refractivity contribution in [3.63, 3.8) is 0 Å². The number of carbonyl (C=O) groups excluding carboxylic acids is 1. The van der Waals surface area contributed by atoms with Gasteiger partial charge in [0.05, 0.1) is 6.04 Å². The van der Waals surface area contributed by atoms with Gasteiger partial charge in [0.25, 0.3) is 5.91 Å². The SMILES string of the molecule is Cc1nc([C@@H]2CCCN2C(=O)c2cc(Br)c[nH]2)no1. The lowest BCUT2D eigenvalue weighted by molar-refractivity contribution is 0.0723. The largest absolute Gasteiger partial charge is 0.356 e. The third kappa shape index (κ3) is 2.30. The van der Waals surface area contributed by atoms with Gasteiger partial charge in [-0.05, 0) is 34.8 Å². The quantitative estimate of drug-likeness (QED) is 0.920. The average Bonchev–Trinajstić information content (AvgIpc) is 3.07. The van der Waals surface area contributed by atoms with Crippen molar-refractivity contribution in [3.8, 4) is 0 Å². The molecule has 1 aliphatic heterocycles. The smallest absolute Gasteiger partial charge is 0.270 e. The van der Waals surface area contributed by atoms with Crippen LogP contribution in [0.15, 0.2) is 21.3 Å². The number of halogens is 1. The molecule has 1 fully saturated rings. The van der Waals surface area contributed by atoms with Gasteiger partial charge in [-0.1, -0.05) is 5.16 Å². The van der Waals surface area contributed by atoms with Crippen molar-refractivity contribution in [3.05, 3.63) is 34.1 Å². The van der Waals surface area contributed by atoms with Crippen LogP contribution in [0.5, 0.6) is 0 Å². The van der Waals surface area contributed by atoms with Gasteiger partial charge in [0, 0.05) is 24.1 Å². The molecule has 100 valence electrons. The molecule has 1 aliphatic rings. The van der Waals surface area contributed by atoms with Gasteiger partial charge in [-0.3, -0.25) is 4.79 Å². The Morgan fingerprint density at radius 2 is 2.47 bits per heavy atom. The molecular weight excluding hydrogens is 312 g/mol. The molecule has 0 saturated carbocycles. The maximum absolute atomic E-state index is 12.4. The van der Waals surface area contributed by atoms with Crippen molar-refractivity contribution < 1.29 is 9.32 Å². The molecule has 3 heterocycles. The molecule has 7 heteroatoms. The summed E-state index contributed by atoms with van der Waals surface area (Å²) in [7, 11) is 0. The number of nitrogens with zero attached hydrogens (tertiary/aromatic N) is 3. The zero-order valence-corrected chi connectivity index (χ0v) is 12.0. The Balaban J connectivity index is 1.85. The molecule has 2 aromatic rings. The summed E-state index contributed by atoms with van der Waals surface area (Å²) >= 11 is 3.33. The minimum Gasteiger partial charge on any atom is -0.356 e. The number of hydrogen-bond donors (Lipinski definition) is 1. The van der Waals surface area contributed by atoms with Crippen LogP contribution in [-0.2, 0) is 0 Å². The van der Waals surface area contributed by atoms with Gasteiger partial charge < -0.3 is 14.4 Å². The second-order valence-corrected chi connectivity index (χ2v) is 5.48. The number of nitrogens with one attached hydrogen (secondary N) is 1. The van der Waals surface area contributed by atoms with Gasteiger partial charge in [-0.15, -0.1) is 0 Å². The van der Waals surface area contributed by atoms with E-state index in [1.807, 2.05) is 0 Å². The van der Waals surface area contributed by atoms with Crippen LogP contribution in [-0.4, -0.2) is 32.5 Å². The Kier molecular flexibility index (Phi) is 3.14. The molecule has 1 N–H and O–H groups in total. The minimum atomic E-state index is -0.0907. The molecular formula is C12H13BrN4O2. The first-order valence-electron chi connectivity index (χ1n) is 6.10. The molecule has 1 amide bonds. The highest BCUT2D eigenvalue weighted by Gasteiger charge is 2.34. The molecule has 6 nitrogen and oxygen atoms in total. The first kappa shape index (κ1) is 12.4. The molecule has 1 atom stereocenters. The molecule has 2 aromatic heterocycles. The van der Waals surface area contributed by atoms with Crippen LogP contribution in [0, 0.1) is 6.92 Å². The summed E-state index contributed by atoms with van der Waals surface area (Å²) in [6.45, 7) is 2.47. The number of rotatable bonds is 2. The highest BCUT2D eigenvalue weighted by atomic mass is 79.9. The van der Waals surface area contributed by atoms with Crippen LogP contribution >= 0.6 is 15.9 Å². The van der Waals surface area contributed by atoms with E-state index in [0.29, 0.717) is 24.0 Å². The third-order valence-corrected chi connectivity index (χ3v) is 3.69.